The van der Waals surface area contributed by atoms with Crippen LogP contribution in [0.4, 0.5) is 0 Å². The summed E-state index contributed by atoms with van der Waals surface area (Å²) in [5, 5.41) is 19.4. The number of aliphatic hydroxyl groups is 1. The average Bonchev–Trinajstić information content (AvgIpc) is 2.29. The van der Waals surface area contributed by atoms with Crippen molar-refractivity contribution in [2.45, 2.75) is 17.2 Å². The molecule has 4 nitrogen and oxygen atoms in total. The molecular formula is C11H12N2O2S. The number of hydrogen-bond donors (Lipinski definition) is 2. The molecule has 0 aromatic heterocycles. The van der Waals surface area contributed by atoms with Gasteiger partial charge >= 0.3 is 0 Å². The van der Waals surface area contributed by atoms with Crippen LogP contribution >= 0.6 is 11.8 Å². The smallest absolute Gasteiger partial charge is 0.171 e. The number of aliphatic hydroxyl groups excluding tert-OH is 1. The van der Waals surface area contributed by atoms with Gasteiger partial charge in [0.1, 0.15) is 11.8 Å². The van der Waals surface area contributed by atoms with Gasteiger partial charge in [0.15, 0.2) is 6.23 Å². The molecule has 2 atom stereocenters. The molecule has 0 fully saturated rings. The lowest BCUT2D eigenvalue weighted by atomic mass is 10.1. The van der Waals surface area contributed by atoms with Crippen molar-refractivity contribution in [3.63, 3.8) is 0 Å². The van der Waals surface area contributed by atoms with E-state index in [1.165, 1.54) is 18.0 Å². The fraction of sp³-hybridized carbons (Fsp3) is 0.273. The highest BCUT2D eigenvalue weighted by Crippen LogP contribution is 2.32. The molecule has 84 valence electrons. The number of hydrogen-bond acceptors (Lipinski definition) is 5. The van der Waals surface area contributed by atoms with Gasteiger partial charge < -0.3 is 10.2 Å². The highest BCUT2D eigenvalue weighted by molar-refractivity contribution is 7.98. The van der Waals surface area contributed by atoms with E-state index < -0.39 is 12.3 Å². The molecule has 0 saturated heterocycles. The Balaban J connectivity index is 2.31. The molecule has 1 aromatic rings. The van der Waals surface area contributed by atoms with E-state index in [9.17, 15) is 10.2 Å². The minimum Gasteiger partial charge on any atom is -0.507 e. The van der Waals surface area contributed by atoms with E-state index in [0.717, 1.165) is 10.5 Å². The first kappa shape index (κ1) is 11.2. The van der Waals surface area contributed by atoms with Crippen LogP contribution < -0.4 is 0 Å². The van der Waals surface area contributed by atoms with Crippen LogP contribution in [0.5, 0.6) is 5.75 Å². The van der Waals surface area contributed by atoms with E-state index in [4.69, 9.17) is 0 Å². The highest BCUT2D eigenvalue weighted by Gasteiger charge is 2.21. The summed E-state index contributed by atoms with van der Waals surface area (Å²) >= 11 is 1.47. The lowest BCUT2D eigenvalue weighted by molar-refractivity contribution is 0.155. The Hall–Kier alpha value is -1.33. The van der Waals surface area contributed by atoms with Gasteiger partial charge in [0.2, 0.25) is 0 Å². The van der Waals surface area contributed by atoms with Crippen molar-refractivity contribution in [3.8, 4) is 5.75 Å². The number of thioether (sulfide) groups is 1. The molecule has 0 saturated carbocycles. The van der Waals surface area contributed by atoms with Gasteiger partial charge in [0, 0.05) is 17.3 Å². The number of rotatable bonds is 2. The second-order valence-corrected chi connectivity index (χ2v) is 4.23. The first-order valence-corrected chi connectivity index (χ1v) is 6.05. The number of aliphatic imine (C=N–C) groups is 2. The van der Waals surface area contributed by atoms with Gasteiger partial charge in [-0.15, -0.1) is 11.8 Å². The molecule has 0 aliphatic carbocycles. The summed E-state index contributed by atoms with van der Waals surface area (Å²) in [7, 11) is 0. The SMILES string of the molecule is CSc1ccc(C2N=CC=NC2O)cc1O. The Morgan fingerprint density at radius 3 is 2.62 bits per heavy atom. The molecule has 0 bridgehead atoms. The zero-order valence-corrected chi connectivity index (χ0v) is 9.56. The fourth-order valence-electron chi connectivity index (χ4n) is 1.57. The first-order valence-electron chi connectivity index (χ1n) is 4.82. The molecular weight excluding hydrogens is 224 g/mol. The summed E-state index contributed by atoms with van der Waals surface area (Å²) in [5.74, 6) is 0.210. The molecule has 1 heterocycles. The summed E-state index contributed by atoms with van der Waals surface area (Å²) in [5.41, 5.74) is 0.760. The lowest BCUT2D eigenvalue weighted by Crippen LogP contribution is -2.18. The number of benzene rings is 1. The van der Waals surface area contributed by atoms with E-state index in [-0.39, 0.29) is 5.75 Å². The largest absolute Gasteiger partial charge is 0.507 e. The molecule has 16 heavy (non-hydrogen) atoms. The number of phenols is 1. The summed E-state index contributed by atoms with van der Waals surface area (Å²) in [4.78, 5) is 8.80. The number of phenolic OH excluding ortho intramolecular Hbond substituents is 1. The lowest BCUT2D eigenvalue weighted by Gasteiger charge is -2.18. The molecule has 2 rings (SSSR count). The van der Waals surface area contributed by atoms with Crippen LogP contribution in [0.25, 0.3) is 0 Å². The van der Waals surface area contributed by atoms with Crippen molar-refractivity contribution >= 4 is 24.2 Å². The van der Waals surface area contributed by atoms with Crippen LogP contribution in [0.3, 0.4) is 0 Å². The minimum atomic E-state index is -0.871. The van der Waals surface area contributed by atoms with Gasteiger partial charge in [-0.25, -0.2) is 0 Å². The van der Waals surface area contributed by atoms with Crippen molar-refractivity contribution in [2.75, 3.05) is 6.26 Å². The maximum Gasteiger partial charge on any atom is 0.171 e. The summed E-state index contributed by atoms with van der Waals surface area (Å²) in [6.45, 7) is 0. The predicted molar refractivity (Wildman–Crippen MR) is 65.6 cm³/mol. The van der Waals surface area contributed by atoms with E-state index in [1.54, 1.807) is 12.3 Å². The first-order chi connectivity index (χ1) is 7.72. The molecule has 1 aliphatic rings. The van der Waals surface area contributed by atoms with E-state index in [2.05, 4.69) is 9.98 Å². The highest BCUT2D eigenvalue weighted by atomic mass is 32.2. The van der Waals surface area contributed by atoms with Crippen LogP contribution in [-0.4, -0.2) is 35.1 Å². The van der Waals surface area contributed by atoms with Gasteiger partial charge in [0.25, 0.3) is 0 Å². The summed E-state index contributed by atoms with van der Waals surface area (Å²) in [6.07, 6.45) is 4.05. The second-order valence-electron chi connectivity index (χ2n) is 3.39. The average molecular weight is 236 g/mol. The zero-order chi connectivity index (χ0) is 11.5. The van der Waals surface area contributed by atoms with Gasteiger partial charge in [-0.2, -0.15) is 0 Å². The van der Waals surface area contributed by atoms with E-state index in [0.29, 0.717) is 0 Å². The Morgan fingerprint density at radius 1 is 1.25 bits per heavy atom. The van der Waals surface area contributed by atoms with Crippen LogP contribution in [0.2, 0.25) is 0 Å². The standard InChI is InChI=1S/C11H12N2O2S/c1-16-9-3-2-7(6-8(9)14)10-11(15)13-5-4-12-10/h2-6,10-11,14-15H,1H3. The maximum atomic E-state index is 9.72. The van der Waals surface area contributed by atoms with Crippen molar-refractivity contribution in [1.82, 2.24) is 0 Å². The molecule has 1 aromatic carbocycles. The van der Waals surface area contributed by atoms with E-state index in [1.807, 2.05) is 18.4 Å². The molecule has 0 spiro atoms. The monoisotopic (exact) mass is 236 g/mol. The Labute approximate surface area is 97.8 Å². The molecule has 2 unspecified atom stereocenters. The number of aromatic hydroxyl groups is 1. The van der Waals surface area contributed by atoms with E-state index >= 15 is 0 Å². The van der Waals surface area contributed by atoms with Crippen molar-refractivity contribution < 1.29 is 10.2 Å². The molecule has 2 N–H and O–H groups in total. The maximum absolute atomic E-state index is 9.72. The summed E-state index contributed by atoms with van der Waals surface area (Å²) in [6, 6.07) is 4.86. The molecule has 1 aliphatic heterocycles. The third-order valence-electron chi connectivity index (χ3n) is 2.38. The topological polar surface area (TPSA) is 65.2 Å². The Kier molecular flexibility index (Phi) is 3.26. The Morgan fingerprint density at radius 2 is 2.00 bits per heavy atom. The van der Waals surface area contributed by atoms with Crippen LogP contribution in [0.15, 0.2) is 33.1 Å². The van der Waals surface area contributed by atoms with Crippen molar-refractivity contribution in [2.24, 2.45) is 9.98 Å². The van der Waals surface area contributed by atoms with Crippen LogP contribution in [0, 0.1) is 0 Å². The zero-order valence-electron chi connectivity index (χ0n) is 8.74. The van der Waals surface area contributed by atoms with Gasteiger partial charge in [-0.3, -0.25) is 9.98 Å². The van der Waals surface area contributed by atoms with Crippen molar-refractivity contribution in [3.05, 3.63) is 23.8 Å². The third-order valence-corrected chi connectivity index (χ3v) is 3.16. The minimum absolute atomic E-state index is 0.210. The molecule has 5 heteroatoms. The third kappa shape index (κ3) is 2.10. The molecule has 0 radical (unpaired) electrons. The van der Waals surface area contributed by atoms with Gasteiger partial charge in [-0.1, -0.05) is 6.07 Å². The molecule has 0 amide bonds. The second kappa shape index (κ2) is 4.67. The van der Waals surface area contributed by atoms with Crippen LogP contribution in [-0.2, 0) is 0 Å². The normalized spacial score (nSPS) is 23.6. The predicted octanol–water partition coefficient (Wildman–Crippen LogP) is 1.63. The van der Waals surface area contributed by atoms with Gasteiger partial charge in [0.05, 0.1) is 0 Å². The number of nitrogens with zero attached hydrogens (tertiary/aromatic N) is 2. The Bertz CT molecular complexity index is 446. The van der Waals surface area contributed by atoms with Crippen LogP contribution in [0.1, 0.15) is 11.6 Å². The quantitative estimate of drug-likeness (QED) is 0.767. The van der Waals surface area contributed by atoms with Crippen molar-refractivity contribution in [1.29, 1.82) is 0 Å². The summed E-state index contributed by atoms with van der Waals surface area (Å²) < 4.78 is 0. The fourth-order valence-corrected chi connectivity index (χ4v) is 2.04. The van der Waals surface area contributed by atoms with Gasteiger partial charge in [-0.05, 0) is 24.0 Å².